The van der Waals surface area contributed by atoms with Crippen LogP contribution in [0.4, 0.5) is 0 Å². The summed E-state index contributed by atoms with van der Waals surface area (Å²) in [5.74, 6) is 0.0563. The molecule has 0 aromatic heterocycles. The van der Waals surface area contributed by atoms with Crippen LogP contribution in [0.5, 0.6) is 0 Å². The number of nitrogens with zero attached hydrogens (tertiary/aromatic N) is 2. The van der Waals surface area contributed by atoms with E-state index in [-0.39, 0.29) is 5.91 Å². The molecule has 1 aliphatic heterocycles. The summed E-state index contributed by atoms with van der Waals surface area (Å²) in [7, 11) is 0. The van der Waals surface area contributed by atoms with Crippen molar-refractivity contribution in [2.45, 2.75) is 13.0 Å². The Balaban J connectivity index is 2.15. The van der Waals surface area contributed by atoms with Gasteiger partial charge in [-0.1, -0.05) is 34.1 Å². The Morgan fingerprint density at radius 1 is 1.43 bits per heavy atom. The Morgan fingerprint density at radius 3 is 2.86 bits per heavy atom. The molecule has 2 rings (SSSR count). The van der Waals surface area contributed by atoms with Gasteiger partial charge in [0.25, 0.3) is 0 Å². The van der Waals surface area contributed by atoms with Crippen molar-refractivity contribution in [2.24, 2.45) is 5.10 Å². The average Bonchev–Trinajstić information content (AvgIpc) is 2.56. The molecule has 0 radical (unpaired) electrons. The molecule has 1 aliphatic rings. The van der Waals surface area contributed by atoms with E-state index in [2.05, 4.69) is 21.0 Å². The molecule has 14 heavy (non-hydrogen) atoms. The van der Waals surface area contributed by atoms with E-state index in [1.54, 1.807) is 6.21 Å². The number of carbonyl (C=O) groups is 1. The van der Waals surface area contributed by atoms with E-state index in [0.717, 1.165) is 10.0 Å². The summed E-state index contributed by atoms with van der Waals surface area (Å²) in [5.41, 5.74) is 1.07. The maximum atomic E-state index is 11.3. The third-order valence-electron chi connectivity index (χ3n) is 2.05. The summed E-state index contributed by atoms with van der Waals surface area (Å²) in [5, 5.41) is 5.48. The Labute approximate surface area is 90.5 Å². The van der Waals surface area contributed by atoms with Crippen molar-refractivity contribution in [1.82, 2.24) is 5.01 Å². The maximum absolute atomic E-state index is 11.3. The zero-order chi connectivity index (χ0) is 9.97. The van der Waals surface area contributed by atoms with Gasteiger partial charge in [-0.05, 0) is 11.6 Å². The van der Waals surface area contributed by atoms with E-state index >= 15 is 0 Å². The van der Waals surface area contributed by atoms with Crippen molar-refractivity contribution in [1.29, 1.82) is 0 Å². The van der Waals surface area contributed by atoms with Gasteiger partial charge in [-0.2, -0.15) is 5.10 Å². The fourth-order valence-electron chi connectivity index (χ4n) is 1.30. The van der Waals surface area contributed by atoms with E-state index in [0.29, 0.717) is 13.0 Å². The minimum Gasteiger partial charge on any atom is -0.273 e. The first kappa shape index (κ1) is 9.40. The van der Waals surface area contributed by atoms with Crippen LogP contribution in [-0.4, -0.2) is 17.1 Å². The molecule has 1 heterocycles. The molecule has 0 unspecified atom stereocenters. The third kappa shape index (κ3) is 1.85. The van der Waals surface area contributed by atoms with E-state index in [9.17, 15) is 4.79 Å². The molecule has 72 valence electrons. The highest BCUT2D eigenvalue weighted by molar-refractivity contribution is 9.10. The van der Waals surface area contributed by atoms with Gasteiger partial charge in [0.15, 0.2) is 0 Å². The quantitative estimate of drug-likeness (QED) is 0.794. The summed E-state index contributed by atoms with van der Waals surface area (Å²) in [4.78, 5) is 11.3. The molecule has 0 aliphatic carbocycles. The molecule has 1 aromatic carbocycles. The lowest BCUT2D eigenvalue weighted by Crippen LogP contribution is -2.20. The molecule has 1 aromatic rings. The summed E-state index contributed by atoms with van der Waals surface area (Å²) in [6.07, 6.45) is 2.06. The summed E-state index contributed by atoms with van der Waals surface area (Å²) >= 11 is 3.43. The minimum absolute atomic E-state index is 0.0563. The van der Waals surface area contributed by atoms with Crippen LogP contribution in [-0.2, 0) is 11.3 Å². The second-order valence-corrected chi connectivity index (χ2v) is 3.90. The fourth-order valence-corrected chi connectivity index (χ4v) is 1.71. The maximum Gasteiger partial charge on any atom is 0.248 e. The normalized spacial score (nSPS) is 15.2. The monoisotopic (exact) mass is 252 g/mol. The average molecular weight is 253 g/mol. The van der Waals surface area contributed by atoms with Crippen LogP contribution < -0.4 is 0 Å². The van der Waals surface area contributed by atoms with Gasteiger partial charge in [0.1, 0.15) is 0 Å². The molecule has 0 saturated carbocycles. The molecule has 0 spiro atoms. The molecular formula is C10H9BrN2O. The summed E-state index contributed by atoms with van der Waals surface area (Å²) in [6, 6.07) is 7.83. The standard InChI is InChI=1S/C10H9BrN2O/c11-9-4-2-1-3-8(9)7-13-10(14)5-6-12-13/h1-4,6H,5,7H2. The van der Waals surface area contributed by atoms with Gasteiger partial charge in [0.2, 0.25) is 5.91 Å². The van der Waals surface area contributed by atoms with Crippen LogP contribution in [0.3, 0.4) is 0 Å². The predicted octanol–water partition coefficient (Wildman–Crippen LogP) is 2.17. The number of hydrogen-bond acceptors (Lipinski definition) is 2. The number of benzene rings is 1. The smallest absolute Gasteiger partial charge is 0.248 e. The van der Waals surface area contributed by atoms with Crippen molar-refractivity contribution in [3.05, 3.63) is 34.3 Å². The van der Waals surface area contributed by atoms with E-state index in [1.165, 1.54) is 5.01 Å². The van der Waals surface area contributed by atoms with Gasteiger partial charge < -0.3 is 0 Å². The number of halogens is 1. The van der Waals surface area contributed by atoms with Crippen molar-refractivity contribution < 1.29 is 4.79 Å². The van der Waals surface area contributed by atoms with Gasteiger partial charge in [-0.25, -0.2) is 5.01 Å². The molecule has 4 heteroatoms. The van der Waals surface area contributed by atoms with Gasteiger partial charge in [-0.15, -0.1) is 0 Å². The summed E-state index contributed by atoms with van der Waals surface area (Å²) in [6.45, 7) is 0.538. The molecule has 1 amide bonds. The first-order chi connectivity index (χ1) is 6.77. The lowest BCUT2D eigenvalue weighted by Gasteiger charge is -2.12. The SMILES string of the molecule is O=C1CC=NN1Cc1ccccc1Br. The molecule has 0 atom stereocenters. The number of amides is 1. The number of carbonyl (C=O) groups excluding carboxylic acids is 1. The Morgan fingerprint density at radius 2 is 2.21 bits per heavy atom. The van der Waals surface area contributed by atoms with Crippen LogP contribution in [0.1, 0.15) is 12.0 Å². The lowest BCUT2D eigenvalue weighted by molar-refractivity contribution is -0.129. The first-order valence-electron chi connectivity index (χ1n) is 4.33. The Bertz CT molecular complexity index is 389. The number of rotatable bonds is 2. The van der Waals surface area contributed by atoms with Crippen molar-refractivity contribution in [3.8, 4) is 0 Å². The van der Waals surface area contributed by atoms with Crippen LogP contribution in [0.25, 0.3) is 0 Å². The minimum atomic E-state index is 0.0563. The van der Waals surface area contributed by atoms with Gasteiger partial charge >= 0.3 is 0 Å². The zero-order valence-corrected chi connectivity index (χ0v) is 9.07. The van der Waals surface area contributed by atoms with E-state index < -0.39 is 0 Å². The Hall–Kier alpha value is -1.16. The highest BCUT2D eigenvalue weighted by Crippen LogP contribution is 2.19. The van der Waals surface area contributed by atoms with Crippen molar-refractivity contribution in [2.75, 3.05) is 0 Å². The molecule has 0 saturated heterocycles. The van der Waals surface area contributed by atoms with Crippen LogP contribution in [0.2, 0.25) is 0 Å². The van der Waals surface area contributed by atoms with Crippen LogP contribution in [0.15, 0.2) is 33.8 Å². The van der Waals surface area contributed by atoms with E-state index in [4.69, 9.17) is 0 Å². The first-order valence-corrected chi connectivity index (χ1v) is 5.13. The third-order valence-corrected chi connectivity index (χ3v) is 2.83. The van der Waals surface area contributed by atoms with Crippen molar-refractivity contribution in [3.63, 3.8) is 0 Å². The van der Waals surface area contributed by atoms with Gasteiger partial charge in [0.05, 0.1) is 13.0 Å². The van der Waals surface area contributed by atoms with Crippen LogP contribution >= 0.6 is 15.9 Å². The largest absolute Gasteiger partial charge is 0.273 e. The molecule has 0 fully saturated rings. The predicted molar refractivity (Wildman–Crippen MR) is 57.8 cm³/mol. The molecule has 3 nitrogen and oxygen atoms in total. The summed E-state index contributed by atoms with van der Waals surface area (Å²) < 4.78 is 1.01. The van der Waals surface area contributed by atoms with Crippen LogP contribution in [0, 0.1) is 0 Å². The molecule has 0 bridgehead atoms. The lowest BCUT2D eigenvalue weighted by atomic mass is 10.2. The fraction of sp³-hybridized carbons (Fsp3) is 0.200. The second kappa shape index (κ2) is 3.92. The Kier molecular flexibility index (Phi) is 2.63. The zero-order valence-electron chi connectivity index (χ0n) is 7.48. The number of hydrogen-bond donors (Lipinski definition) is 0. The van der Waals surface area contributed by atoms with Gasteiger partial charge in [0, 0.05) is 10.7 Å². The second-order valence-electron chi connectivity index (χ2n) is 3.04. The number of hydrazone groups is 1. The highest BCUT2D eigenvalue weighted by atomic mass is 79.9. The topological polar surface area (TPSA) is 32.7 Å². The van der Waals surface area contributed by atoms with Gasteiger partial charge in [-0.3, -0.25) is 4.79 Å². The molecule has 0 N–H and O–H groups in total. The highest BCUT2D eigenvalue weighted by Gasteiger charge is 2.17. The molecular weight excluding hydrogens is 244 g/mol. The van der Waals surface area contributed by atoms with Crippen molar-refractivity contribution >= 4 is 28.1 Å². The van der Waals surface area contributed by atoms with E-state index in [1.807, 2.05) is 24.3 Å².